The monoisotopic (exact) mass is 344 g/mol. The van der Waals surface area contributed by atoms with Gasteiger partial charge in [-0.1, -0.05) is 24.3 Å². The number of carbonyl (C=O) groups is 1. The summed E-state index contributed by atoms with van der Waals surface area (Å²) in [5.41, 5.74) is 2.51. The standard InChI is InChI=1S/C18H16N2O3.ClH/c21-17-18(12-3-1-2-4-13(12)20-17)7-8-19-16(18)11-5-6-14-15(9-11)23-10-22-14;/h1-6,9,16,19H,7-8,10H2,(H,20,21);1H. The van der Waals surface area contributed by atoms with Gasteiger partial charge in [-0.05, 0) is 42.3 Å². The number of para-hydroxylation sites is 1. The lowest BCUT2D eigenvalue weighted by Gasteiger charge is -2.29. The number of benzene rings is 2. The largest absolute Gasteiger partial charge is 0.454 e. The molecule has 1 saturated heterocycles. The molecule has 124 valence electrons. The van der Waals surface area contributed by atoms with E-state index in [9.17, 15) is 4.79 Å². The highest BCUT2D eigenvalue weighted by Gasteiger charge is 2.55. The molecule has 2 aromatic carbocycles. The number of fused-ring (bicyclic) bond motifs is 3. The van der Waals surface area contributed by atoms with E-state index in [0.717, 1.165) is 41.3 Å². The average Bonchev–Trinajstić information content (AvgIpc) is 3.27. The van der Waals surface area contributed by atoms with Gasteiger partial charge in [0.2, 0.25) is 12.7 Å². The second kappa shape index (κ2) is 5.40. The van der Waals surface area contributed by atoms with E-state index in [0.29, 0.717) is 0 Å². The molecule has 0 saturated carbocycles. The first-order valence-corrected chi connectivity index (χ1v) is 7.83. The van der Waals surface area contributed by atoms with E-state index >= 15 is 0 Å². The molecule has 2 aromatic rings. The van der Waals surface area contributed by atoms with Crippen LogP contribution in [0.5, 0.6) is 11.5 Å². The van der Waals surface area contributed by atoms with Gasteiger partial charge in [0, 0.05) is 5.69 Å². The third kappa shape index (κ3) is 1.88. The van der Waals surface area contributed by atoms with Crippen molar-refractivity contribution >= 4 is 24.0 Å². The number of amides is 1. The fourth-order valence-electron chi connectivity index (χ4n) is 4.10. The summed E-state index contributed by atoms with van der Waals surface area (Å²) in [5, 5.41) is 6.56. The van der Waals surface area contributed by atoms with Crippen molar-refractivity contribution in [2.24, 2.45) is 0 Å². The van der Waals surface area contributed by atoms with Gasteiger partial charge < -0.3 is 20.1 Å². The third-order valence-electron chi connectivity index (χ3n) is 5.15. The van der Waals surface area contributed by atoms with Crippen LogP contribution >= 0.6 is 12.4 Å². The molecule has 5 rings (SSSR count). The number of anilines is 1. The van der Waals surface area contributed by atoms with E-state index in [1.165, 1.54) is 0 Å². The zero-order valence-electron chi connectivity index (χ0n) is 12.9. The summed E-state index contributed by atoms with van der Waals surface area (Å²) in [6.45, 7) is 1.06. The lowest BCUT2D eigenvalue weighted by molar-refractivity contribution is -0.121. The fraction of sp³-hybridized carbons (Fsp3) is 0.278. The minimum atomic E-state index is -0.551. The summed E-state index contributed by atoms with van der Waals surface area (Å²) < 4.78 is 10.9. The Kier molecular flexibility index (Phi) is 3.44. The van der Waals surface area contributed by atoms with Gasteiger partial charge in [-0.25, -0.2) is 0 Å². The predicted molar refractivity (Wildman–Crippen MR) is 91.9 cm³/mol. The summed E-state index contributed by atoms with van der Waals surface area (Å²) in [7, 11) is 0. The van der Waals surface area contributed by atoms with Gasteiger partial charge >= 0.3 is 0 Å². The first-order chi connectivity index (χ1) is 11.3. The first kappa shape index (κ1) is 15.3. The molecule has 1 spiro atoms. The van der Waals surface area contributed by atoms with Gasteiger partial charge in [-0.15, -0.1) is 12.4 Å². The highest BCUT2D eigenvalue weighted by molar-refractivity contribution is 6.07. The summed E-state index contributed by atoms with van der Waals surface area (Å²) in [6.07, 6.45) is 0.787. The molecular formula is C18H17ClN2O3. The fourth-order valence-corrected chi connectivity index (χ4v) is 4.10. The van der Waals surface area contributed by atoms with Crippen LogP contribution in [0.2, 0.25) is 0 Å². The van der Waals surface area contributed by atoms with E-state index in [2.05, 4.69) is 16.7 Å². The van der Waals surface area contributed by atoms with E-state index in [4.69, 9.17) is 9.47 Å². The Morgan fingerprint density at radius 3 is 2.83 bits per heavy atom. The molecule has 3 aliphatic heterocycles. The maximum atomic E-state index is 12.9. The lowest BCUT2D eigenvalue weighted by atomic mass is 9.73. The summed E-state index contributed by atoms with van der Waals surface area (Å²) in [5.74, 6) is 1.58. The molecule has 0 radical (unpaired) electrons. The number of carbonyl (C=O) groups excluding carboxylic acids is 1. The lowest BCUT2D eigenvalue weighted by Crippen LogP contribution is -2.39. The Morgan fingerprint density at radius 2 is 1.92 bits per heavy atom. The Balaban J connectivity index is 0.00000146. The Hall–Kier alpha value is -2.24. The molecule has 2 unspecified atom stereocenters. The molecule has 0 bridgehead atoms. The van der Waals surface area contributed by atoms with Crippen LogP contribution in [0, 0.1) is 0 Å². The zero-order valence-corrected chi connectivity index (χ0v) is 13.7. The SMILES string of the molecule is Cl.O=C1Nc2ccccc2C12CCNC2c1ccc2c(c1)OCO2. The topological polar surface area (TPSA) is 59.6 Å². The average molecular weight is 345 g/mol. The maximum absolute atomic E-state index is 12.9. The van der Waals surface area contributed by atoms with Gasteiger partial charge in [0.1, 0.15) is 0 Å². The van der Waals surface area contributed by atoms with Gasteiger partial charge in [0.05, 0.1) is 11.5 Å². The molecule has 3 heterocycles. The van der Waals surface area contributed by atoms with Crippen LogP contribution in [-0.4, -0.2) is 19.2 Å². The van der Waals surface area contributed by atoms with Gasteiger partial charge in [0.25, 0.3) is 0 Å². The predicted octanol–water partition coefficient (Wildman–Crippen LogP) is 2.76. The smallest absolute Gasteiger partial charge is 0.237 e. The highest BCUT2D eigenvalue weighted by atomic mass is 35.5. The highest BCUT2D eigenvalue weighted by Crippen LogP contribution is 2.51. The van der Waals surface area contributed by atoms with E-state index < -0.39 is 5.41 Å². The van der Waals surface area contributed by atoms with Crippen LogP contribution in [0.4, 0.5) is 5.69 Å². The molecule has 0 aliphatic carbocycles. The second-order valence-corrected chi connectivity index (χ2v) is 6.22. The maximum Gasteiger partial charge on any atom is 0.237 e. The summed E-state index contributed by atoms with van der Waals surface area (Å²) >= 11 is 0. The molecule has 24 heavy (non-hydrogen) atoms. The van der Waals surface area contributed by atoms with E-state index in [1.807, 2.05) is 36.4 Å². The summed E-state index contributed by atoms with van der Waals surface area (Å²) in [6, 6.07) is 13.8. The quantitative estimate of drug-likeness (QED) is 0.835. The van der Waals surface area contributed by atoms with Crippen molar-refractivity contribution < 1.29 is 14.3 Å². The molecule has 3 aliphatic rings. The zero-order chi connectivity index (χ0) is 15.4. The van der Waals surface area contributed by atoms with Gasteiger partial charge in [-0.3, -0.25) is 4.79 Å². The molecule has 2 N–H and O–H groups in total. The van der Waals surface area contributed by atoms with Crippen molar-refractivity contribution in [3.63, 3.8) is 0 Å². The Labute approximate surface area is 145 Å². The molecular weight excluding hydrogens is 328 g/mol. The van der Waals surface area contributed by atoms with Gasteiger partial charge in [-0.2, -0.15) is 0 Å². The third-order valence-corrected chi connectivity index (χ3v) is 5.15. The van der Waals surface area contributed by atoms with E-state index in [1.54, 1.807) is 0 Å². The first-order valence-electron chi connectivity index (χ1n) is 7.83. The normalized spacial score (nSPS) is 26.2. The molecule has 2 atom stereocenters. The van der Waals surface area contributed by atoms with Crippen molar-refractivity contribution in [1.29, 1.82) is 0 Å². The number of halogens is 1. The van der Waals surface area contributed by atoms with Crippen LogP contribution in [0.3, 0.4) is 0 Å². The molecule has 1 fully saturated rings. The number of nitrogens with one attached hydrogen (secondary N) is 2. The number of rotatable bonds is 1. The molecule has 5 nitrogen and oxygen atoms in total. The number of hydrogen-bond acceptors (Lipinski definition) is 4. The van der Waals surface area contributed by atoms with Crippen molar-refractivity contribution in [1.82, 2.24) is 5.32 Å². The van der Waals surface area contributed by atoms with Crippen molar-refractivity contribution in [3.8, 4) is 11.5 Å². The van der Waals surface area contributed by atoms with Crippen LogP contribution in [0.15, 0.2) is 42.5 Å². The summed E-state index contributed by atoms with van der Waals surface area (Å²) in [4.78, 5) is 12.9. The van der Waals surface area contributed by atoms with Crippen LogP contribution < -0.4 is 20.1 Å². The van der Waals surface area contributed by atoms with Crippen LogP contribution in [0.25, 0.3) is 0 Å². The van der Waals surface area contributed by atoms with Crippen molar-refractivity contribution in [2.75, 3.05) is 18.7 Å². The van der Waals surface area contributed by atoms with Crippen molar-refractivity contribution in [3.05, 3.63) is 53.6 Å². The second-order valence-electron chi connectivity index (χ2n) is 6.22. The molecule has 6 heteroatoms. The molecule has 1 amide bonds. The van der Waals surface area contributed by atoms with E-state index in [-0.39, 0.29) is 31.1 Å². The van der Waals surface area contributed by atoms with Crippen LogP contribution in [0.1, 0.15) is 23.6 Å². The minimum absolute atomic E-state index is 0. The molecule has 0 aromatic heterocycles. The van der Waals surface area contributed by atoms with Crippen molar-refractivity contribution in [2.45, 2.75) is 17.9 Å². The Morgan fingerprint density at radius 1 is 1.08 bits per heavy atom. The van der Waals surface area contributed by atoms with Gasteiger partial charge in [0.15, 0.2) is 11.5 Å². The van der Waals surface area contributed by atoms with Crippen LogP contribution in [-0.2, 0) is 10.2 Å². The number of ether oxygens (including phenoxy) is 2. The number of hydrogen-bond donors (Lipinski definition) is 2. The minimum Gasteiger partial charge on any atom is -0.454 e. The Bertz CT molecular complexity index is 826.